The van der Waals surface area contributed by atoms with Gasteiger partial charge in [0.25, 0.3) is 0 Å². The summed E-state index contributed by atoms with van der Waals surface area (Å²) in [5.74, 6) is 0.543. The summed E-state index contributed by atoms with van der Waals surface area (Å²) in [5.41, 5.74) is 3.81. The third-order valence-electron chi connectivity index (χ3n) is 2.40. The van der Waals surface area contributed by atoms with Gasteiger partial charge in [0.2, 0.25) is 0 Å². The number of hydrogen-bond donors (Lipinski definition) is 0. The van der Waals surface area contributed by atoms with Gasteiger partial charge in [0, 0.05) is 12.3 Å². The molecular formula is C12H16O. The van der Waals surface area contributed by atoms with Gasteiger partial charge in [-0.1, -0.05) is 19.1 Å². The number of Topliss-reactive ketones (excluding diaryl/α,β-unsaturated/α-hetero) is 1. The predicted molar refractivity (Wildman–Crippen MR) is 54.4 cm³/mol. The lowest BCUT2D eigenvalue weighted by Gasteiger charge is -2.17. The van der Waals surface area contributed by atoms with Gasteiger partial charge in [-0.25, -0.2) is 0 Å². The van der Waals surface area contributed by atoms with Crippen LogP contribution in [0.4, 0.5) is 0 Å². The monoisotopic (exact) mass is 176 g/mol. The summed E-state index contributed by atoms with van der Waals surface area (Å²) < 4.78 is 0. The molecule has 1 atom stereocenters. The number of allylic oxidation sites excluding steroid dienone is 3. The average Bonchev–Trinajstić information content (AvgIpc) is 2.09. The molecule has 0 N–H and O–H groups in total. The van der Waals surface area contributed by atoms with Crippen molar-refractivity contribution >= 4 is 5.78 Å². The molecule has 0 radical (unpaired) electrons. The molecule has 70 valence electrons. The molecule has 1 unspecified atom stereocenters. The number of hydrogen-bond acceptors (Lipinski definition) is 1. The van der Waals surface area contributed by atoms with Crippen LogP contribution >= 0.6 is 0 Å². The van der Waals surface area contributed by atoms with Crippen molar-refractivity contribution in [3.05, 3.63) is 30.0 Å². The van der Waals surface area contributed by atoms with Crippen LogP contribution in [0.1, 0.15) is 32.6 Å². The molecule has 1 nitrogen and oxygen atoms in total. The maximum atomic E-state index is 11.4. The van der Waals surface area contributed by atoms with Crippen molar-refractivity contribution < 1.29 is 4.79 Å². The van der Waals surface area contributed by atoms with Gasteiger partial charge in [-0.2, -0.15) is 0 Å². The summed E-state index contributed by atoms with van der Waals surface area (Å²) in [4.78, 5) is 11.4. The van der Waals surface area contributed by atoms with Crippen LogP contribution < -0.4 is 0 Å². The fraction of sp³-hybridized carbons (Fsp3) is 0.500. The van der Waals surface area contributed by atoms with Crippen molar-refractivity contribution in [3.63, 3.8) is 0 Å². The van der Waals surface area contributed by atoms with E-state index >= 15 is 0 Å². The normalized spacial score (nSPS) is 23.9. The molecule has 1 aliphatic carbocycles. The first-order valence-electron chi connectivity index (χ1n) is 4.81. The Labute approximate surface area is 79.8 Å². The van der Waals surface area contributed by atoms with E-state index in [1.165, 1.54) is 6.42 Å². The van der Waals surface area contributed by atoms with Crippen molar-refractivity contribution in [2.75, 3.05) is 0 Å². The van der Waals surface area contributed by atoms with Gasteiger partial charge in [-0.15, -0.1) is 5.73 Å². The van der Waals surface area contributed by atoms with E-state index in [-0.39, 0.29) is 5.92 Å². The van der Waals surface area contributed by atoms with Gasteiger partial charge in [-0.3, -0.25) is 4.79 Å². The van der Waals surface area contributed by atoms with Gasteiger partial charge in [0.1, 0.15) is 5.78 Å². The Morgan fingerprint density at radius 2 is 2.38 bits per heavy atom. The summed E-state index contributed by atoms with van der Waals surface area (Å²) in [5, 5.41) is 0. The lowest BCUT2D eigenvalue weighted by molar-refractivity contribution is -0.123. The van der Waals surface area contributed by atoms with Crippen molar-refractivity contribution in [1.29, 1.82) is 0 Å². The van der Waals surface area contributed by atoms with Crippen LogP contribution in [0.25, 0.3) is 0 Å². The van der Waals surface area contributed by atoms with E-state index < -0.39 is 0 Å². The van der Waals surface area contributed by atoms with Crippen molar-refractivity contribution in [2.45, 2.75) is 32.6 Å². The van der Waals surface area contributed by atoms with Crippen LogP contribution in [0.5, 0.6) is 0 Å². The molecule has 1 fully saturated rings. The lowest BCUT2D eigenvalue weighted by atomic mass is 9.87. The van der Waals surface area contributed by atoms with Crippen LogP contribution in [0, 0.1) is 5.92 Å². The zero-order chi connectivity index (χ0) is 9.68. The minimum Gasteiger partial charge on any atom is -0.299 e. The number of ketones is 1. The standard InChI is InChI=1S/C12H16O/c1-3-6-10(2)9-11-7-4-5-8-12(11)13/h6,9,11H,1,4-5,7-8H2,2H3/b10-9-. The zero-order valence-corrected chi connectivity index (χ0v) is 8.18. The van der Waals surface area contributed by atoms with E-state index in [1.807, 2.05) is 19.1 Å². The van der Waals surface area contributed by atoms with E-state index in [2.05, 4.69) is 12.3 Å². The average molecular weight is 176 g/mol. The number of carbonyl (C=O) groups excluding carboxylic acids is 1. The number of rotatable bonds is 2. The maximum Gasteiger partial charge on any atom is 0.139 e. The van der Waals surface area contributed by atoms with Crippen LogP contribution in [0.15, 0.2) is 30.0 Å². The fourth-order valence-corrected chi connectivity index (χ4v) is 1.71. The Hall–Kier alpha value is -1.07. The zero-order valence-electron chi connectivity index (χ0n) is 8.18. The molecule has 1 aliphatic rings. The summed E-state index contributed by atoms with van der Waals surface area (Å²) in [7, 11) is 0. The molecule has 1 saturated carbocycles. The highest BCUT2D eigenvalue weighted by atomic mass is 16.1. The second kappa shape index (κ2) is 4.84. The summed E-state index contributed by atoms with van der Waals surface area (Å²) in [6, 6.07) is 0. The second-order valence-corrected chi connectivity index (χ2v) is 3.58. The molecule has 0 aromatic rings. The van der Waals surface area contributed by atoms with Crippen LogP contribution in [0.3, 0.4) is 0 Å². The van der Waals surface area contributed by atoms with E-state index in [0.29, 0.717) is 5.78 Å². The largest absolute Gasteiger partial charge is 0.299 e. The van der Waals surface area contributed by atoms with Crippen molar-refractivity contribution in [2.24, 2.45) is 5.92 Å². The molecule has 0 aliphatic heterocycles. The van der Waals surface area contributed by atoms with Gasteiger partial charge < -0.3 is 0 Å². The molecule has 0 aromatic heterocycles. The minimum atomic E-state index is 0.151. The molecule has 0 saturated heterocycles. The molecule has 0 heterocycles. The Morgan fingerprint density at radius 3 is 3.00 bits per heavy atom. The fourth-order valence-electron chi connectivity index (χ4n) is 1.71. The summed E-state index contributed by atoms with van der Waals surface area (Å²) in [6.45, 7) is 5.49. The highest BCUT2D eigenvalue weighted by molar-refractivity contribution is 5.83. The van der Waals surface area contributed by atoms with E-state index in [1.54, 1.807) is 0 Å². The third-order valence-corrected chi connectivity index (χ3v) is 2.40. The van der Waals surface area contributed by atoms with Crippen molar-refractivity contribution in [1.82, 2.24) is 0 Å². The molecule has 0 spiro atoms. The summed E-state index contributed by atoms with van der Waals surface area (Å²) in [6.07, 6.45) is 7.88. The first kappa shape index (κ1) is 10.0. The first-order valence-corrected chi connectivity index (χ1v) is 4.81. The van der Waals surface area contributed by atoms with Gasteiger partial charge in [0.05, 0.1) is 0 Å². The second-order valence-electron chi connectivity index (χ2n) is 3.58. The predicted octanol–water partition coefficient (Wildman–Crippen LogP) is 3.03. The summed E-state index contributed by atoms with van der Waals surface area (Å²) >= 11 is 0. The molecule has 0 bridgehead atoms. The Morgan fingerprint density at radius 1 is 1.62 bits per heavy atom. The molecule has 0 aromatic carbocycles. The molecule has 13 heavy (non-hydrogen) atoms. The Balaban J connectivity index is 2.65. The maximum absolute atomic E-state index is 11.4. The van der Waals surface area contributed by atoms with Crippen LogP contribution in [0.2, 0.25) is 0 Å². The smallest absolute Gasteiger partial charge is 0.139 e. The highest BCUT2D eigenvalue weighted by Gasteiger charge is 2.19. The number of carbonyl (C=O) groups is 1. The highest BCUT2D eigenvalue weighted by Crippen LogP contribution is 2.22. The Bertz CT molecular complexity index is 267. The van der Waals surface area contributed by atoms with E-state index in [4.69, 9.17) is 0 Å². The van der Waals surface area contributed by atoms with Crippen molar-refractivity contribution in [3.8, 4) is 0 Å². The molecule has 0 amide bonds. The minimum absolute atomic E-state index is 0.151. The molecule has 1 heteroatoms. The van der Waals surface area contributed by atoms with E-state index in [0.717, 1.165) is 24.8 Å². The van der Waals surface area contributed by atoms with Crippen LogP contribution in [-0.2, 0) is 4.79 Å². The topological polar surface area (TPSA) is 17.1 Å². The van der Waals surface area contributed by atoms with Gasteiger partial charge in [-0.05, 0) is 31.4 Å². The molecular weight excluding hydrogens is 160 g/mol. The third kappa shape index (κ3) is 3.04. The molecule has 1 rings (SSSR count). The Kier molecular flexibility index (Phi) is 3.72. The lowest BCUT2D eigenvalue weighted by Crippen LogP contribution is -2.16. The van der Waals surface area contributed by atoms with E-state index in [9.17, 15) is 4.79 Å². The quantitative estimate of drug-likeness (QED) is 0.467. The first-order chi connectivity index (χ1) is 6.24. The van der Waals surface area contributed by atoms with Gasteiger partial charge >= 0.3 is 0 Å². The van der Waals surface area contributed by atoms with Crippen LogP contribution in [-0.4, -0.2) is 5.78 Å². The SMILES string of the molecule is C=C=C/C(C)=C\C1CCCCC1=O. The van der Waals surface area contributed by atoms with Gasteiger partial charge in [0.15, 0.2) is 0 Å².